The highest BCUT2D eigenvalue weighted by molar-refractivity contribution is 5.42. The maximum Gasteiger partial charge on any atom is 0.119 e. The number of methoxy groups -OCH3 is 2. The van der Waals surface area contributed by atoms with E-state index in [4.69, 9.17) is 9.47 Å². The van der Waals surface area contributed by atoms with E-state index in [0.29, 0.717) is 6.61 Å². The normalized spacial score (nSPS) is 14.1. The number of aryl methyl sites for hydroxylation is 2. The molecule has 2 unspecified atom stereocenters. The van der Waals surface area contributed by atoms with Crippen molar-refractivity contribution in [3.63, 3.8) is 0 Å². The molecule has 2 N–H and O–H groups in total. The molecule has 1 aromatic rings. The zero-order valence-corrected chi connectivity index (χ0v) is 13.2. The molecule has 0 aromatic heterocycles. The molecule has 0 saturated heterocycles. The van der Waals surface area contributed by atoms with Gasteiger partial charge >= 0.3 is 0 Å². The minimum atomic E-state index is -0.525. The molecule has 0 aliphatic rings. The second-order valence-corrected chi connectivity index (χ2v) is 5.08. The van der Waals surface area contributed by atoms with Gasteiger partial charge in [0.25, 0.3) is 0 Å². The molecule has 0 amide bonds. The van der Waals surface area contributed by atoms with Crippen molar-refractivity contribution in [3.05, 3.63) is 28.8 Å². The van der Waals surface area contributed by atoms with Crippen LogP contribution in [0, 0.1) is 13.8 Å². The zero-order chi connectivity index (χ0) is 15.1. The summed E-state index contributed by atoms with van der Waals surface area (Å²) in [5.41, 5.74) is 3.10. The number of hydrogen-bond acceptors (Lipinski definition) is 4. The van der Waals surface area contributed by atoms with Gasteiger partial charge in [0.1, 0.15) is 5.75 Å². The van der Waals surface area contributed by atoms with Crippen molar-refractivity contribution in [2.45, 2.75) is 39.3 Å². The molecule has 0 aliphatic carbocycles. The van der Waals surface area contributed by atoms with Gasteiger partial charge < -0.3 is 19.9 Å². The van der Waals surface area contributed by atoms with E-state index in [1.807, 2.05) is 26.0 Å². The van der Waals surface area contributed by atoms with E-state index in [9.17, 15) is 5.11 Å². The standard InChI is InChI=1S/C16H27NO3/c1-6-14(17-7-8-19-4)16(18)15-11(2)9-13(20-5)10-12(15)3/h9-10,14,16-18H,6-8H2,1-5H3. The zero-order valence-electron chi connectivity index (χ0n) is 13.2. The van der Waals surface area contributed by atoms with Crippen molar-refractivity contribution in [1.82, 2.24) is 5.32 Å². The monoisotopic (exact) mass is 281 g/mol. The van der Waals surface area contributed by atoms with Crippen LogP contribution < -0.4 is 10.1 Å². The Morgan fingerprint density at radius 2 is 1.80 bits per heavy atom. The number of aliphatic hydroxyl groups is 1. The first-order chi connectivity index (χ1) is 9.54. The van der Waals surface area contributed by atoms with Gasteiger partial charge in [-0.1, -0.05) is 6.92 Å². The third-order valence-corrected chi connectivity index (χ3v) is 3.63. The van der Waals surface area contributed by atoms with Gasteiger partial charge in [0, 0.05) is 19.7 Å². The maximum absolute atomic E-state index is 10.7. The van der Waals surface area contributed by atoms with Gasteiger partial charge in [-0.25, -0.2) is 0 Å². The van der Waals surface area contributed by atoms with E-state index in [-0.39, 0.29) is 6.04 Å². The average Bonchev–Trinajstić information content (AvgIpc) is 2.42. The quantitative estimate of drug-likeness (QED) is 0.718. The Morgan fingerprint density at radius 3 is 2.25 bits per heavy atom. The smallest absolute Gasteiger partial charge is 0.119 e. The lowest BCUT2D eigenvalue weighted by Crippen LogP contribution is -2.37. The summed E-state index contributed by atoms with van der Waals surface area (Å²) in [6.45, 7) is 7.47. The molecular formula is C16H27NO3. The molecule has 0 aliphatic heterocycles. The highest BCUT2D eigenvalue weighted by Gasteiger charge is 2.22. The Balaban J connectivity index is 2.91. The summed E-state index contributed by atoms with van der Waals surface area (Å²) in [4.78, 5) is 0. The predicted octanol–water partition coefficient (Wildman–Crippen LogP) is 2.36. The van der Waals surface area contributed by atoms with E-state index in [0.717, 1.165) is 35.4 Å². The van der Waals surface area contributed by atoms with Gasteiger partial charge in [0.15, 0.2) is 0 Å². The minimum Gasteiger partial charge on any atom is -0.497 e. The third-order valence-electron chi connectivity index (χ3n) is 3.63. The Hall–Kier alpha value is -1.10. The van der Waals surface area contributed by atoms with Crippen molar-refractivity contribution in [3.8, 4) is 5.75 Å². The minimum absolute atomic E-state index is 0.0240. The van der Waals surface area contributed by atoms with E-state index in [1.54, 1.807) is 14.2 Å². The lowest BCUT2D eigenvalue weighted by atomic mass is 9.92. The molecule has 0 fully saturated rings. The van der Waals surface area contributed by atoms with E-state index in [2.05, 4.69) is 12.2 Å². The number of hydrogen-bond donors (Lipinski definition) is 2. The van der Waals surface area contributed by atoms with E-state index < -0.39 is 6.10 Å². The third kappa shape index (κ3) is 4.20. The second kappa shape index (κ2) is 8.25. The van der Waals surface area contributed by atoms with Crippen LogP contribution in [0.5, 0.6) is 5.75 Å². The molecule has 114 valence electrons. The molecule has 0 radical (unpaired) electrons. The number of nitrogens with one attached hydrogen (secondary N) is 1. The van der Waals surface area contributed by atoms with Crippen LogP contribution in [0.1, 0.15) is 36.1 Å². The fourth-order valence-electron chi connectivity index (χ4n) is 2.55. The molecule has 4 heteroatoms. The van der Waals surface area contributed by atoms with Gasteiger partial charge in [-0.2, -0.15) is 0 Å². The Labute approximate surface area is 122 Å². The Morgan fingerprint density at radius 1 is 1.20 bits per heavy atom. The van der Waals surface area contributed by atoms with Crippen molar-refractivity contribution in [2.75, 3.05) is 27.4 Å². The highest BCUT2D eigenvalue weighted by Crippen LogP contribution is 2.29. The fourth-order valence-corrected chi connectivity index (χ4v) is 2.55. The first kappa shape index (κ1) is 17.0. The van der Waals surface area contributed by atoms with E-state index >= 15 is 0 Å². The van der Waals surface area contributed by atoms with Gasteiger partial charge in [-0.05, 0) is 49.1 Å². The Kier molecular flexibility index (Phi) is 6.99. The summed E-state index contributed by atoms with van der Waals surface area (Å²) in [6.07, 6.45) is 0.332. The molecule has 0 bridgehead atoms. The topological polar surface area (TPSA) is 50.7 Å². The van der Waals surface area contributed by atoms with Gasteiger partial charge in [0.2, 0.25) is 0 Å². The number of rotatable bonds is 8. The molecular weight excluding hydrogens is 254 g/mol. The van der Waals surface area contributed by atoms with E-state index in [1.165, 1.54) is 0 Å². The molecule has 0 heterocycles. The molecule has 0 spiro atoms. The van der Waals surface area contributed by atoms with Crippen molar-refractivity contribution in [1.29, 1.82) is 0 Å². The summed E-state index contributed by atoms with van der Waals surface area (Å²) in [6, 6.07) is 3.96. The summed E-state index contributed by atoms with van der Waals surface area (Å²) < 4.78 is 10.3. The molecule has 4 nitrogen and oxygen atoms in total. The molecule has 2 atom stereocenters. The van der Waals surface area contributed by atoms with Crippen molar-refractivity contribution in [2.24, 2.45) is 0 Å². The van der Waals surface area contributed by atoms with Crippen LogP contribution in [0.25, 0.3) is 0 Å². The maximum atomic E-state index is 10.7. The highest BCUT2D eigenvalue weighted by atomic mass is 16.5. The molecule has 20 heavy (non-hydrogen) atoms. The van der Waals surface area contributed by atoms with Gasteiger partial charge in [0.05, 0.1) is 19.8 Å². The lowest BCUT2D eigenvalue weighted by Gasteiger charge is -2.26. The summed E-state index contributed by atoms with van der Waals surface area (Å²) in [5, 5.41) is 14.0. The van der Waals surface area contributed by atoms with Gasteiger partial charge in [-0.3, -0.25) is 0 Å². The van der Waals surface area contributed by atoms with Crippen LogP contribution in [-0.2, 0) is 4.74 Å². The largest absolute Gasteiger partial charge is 0.497 e. The Bertz CT molecular complexity index is 397. The average molecular weight is 281 g/mol. The predicted molar refractivity (Wildman–Crippen MR) is 81.4 cm³/mol. The SMILES string of the molecule is CCC(NCCOC)C(O)c1c(C)cc(OC)cc1C. The molecule has 0 saturated carbocycles. The summed E-state index contributed by atoms with van der Waals surface area (Å²) in [7, 11) is 3.34. The van der Waals surface area contributed by atoms with Crippen LogP contribution in [0.2, 0.25) is 0 Å². The van der Waals surface area contributed by atoms with Gasteiger partial charge in [-0.15, -0.1) is 0 Å². The summed E-state index contributed by atoms with van der Waals surface area (Å²) >= 11 is 0. The molecule has 1 rings (SSSR count). The summed E-state index contributed by atoms with van der Waals surface area (Å²) in [5.74, 6) is 0.830. The van der Waals surface area contributed by atoms with Crippen LogP contribution in [0.15, 0.2) is 12.1 Å². The van der Waals surface area contributed by atoms with Crippen LogP contribution in [-0.4, -0.2) is 38.5 Å². The van der Waals surface area contributed by atoms with Crippen LogP contribution in [0.3, 0.4) is 0 Å². The lowest BCUT2D eigenvalue weighted by molar-refractivity contribution is 0.116. The first-order valence-corrected chi connectivity index (χ1v) is 7.10. The second-order valence-electron chi connectivity index (χ2n) is 5.08. The number of ether oxygens (including phenoxy) is 2. The first-order valence-electron chi connectivity index (χ1n) is 7.10. The number of benzene rings is 1. The van der Waals surface area contributed by atoms with Crippen LogP contribution in [0.4, 0.5) is 0 Å². The van der Waals surface area contributed by atoms with Crippen molar-refractivity contribution < 1.29 is 14.6 Å². The van der Waals surface area contributed by atoms with Crippen LogP contribution >= 0.6 is 0 Å². The van der Waals surface area contributed by atoms with Crippen molar-refractivity contribution >= 4 is 0 Å². The number of aliphatic hydroxyl groups excluding tert-OH is 1. The fraction of sp³-hybridized carbons (Fsp3) is 0.625. The molecule has 1 aromatic carbocycles.